The Hall–Kier alpha value is -5.20. The van der Waals surface area contributed by atoms with Crippen LogP contribution >= 0.6 is 23.2 Å². The van der Waals surface area contributed by atoms with Crippen molar-refractivity contribution >= 4 is 69.9 Å². The van der Waals surface area contributed by atoms with Crippen LogP contribution in [-0.2, 0) is 20.8 Å². The van der Waals surface area contributed by atoms with Crippen LogP contribution in [0.5, 0.6) is 0 Å². The first kappa shape index (κ1) is 48.2. The van der Waals surface area contributed by atoms with Crippen LogP contribution < -0.4 is 15.1 Å². The number of para-hydroxylation sites is 2. The number of benzene rings is 3. The van der Waals surface area contributed by atoms with Crippen molar-refractivity contribution < 1.29 is 55.7 Å². The molecule has 2 aliphatic rings. The van der Waals surface area contributed by atoms with E-state index >= 15 is 0 Å². The SMILES string of the molecule is CC(c1c[nH]c2ccccc12)C(NC(=O)N1CCN(c2ccccc2Cl)CC1)C(=O)N1C[C@@H](CN(C)C)Cc2cc(Cl)ccc21.FC(F)F.O=C(O)C(F)(F)F.O=CO. The maximum Gasteiger partial charge on any atom is 0.490 e. The van der Waals surface area contributed by atoms with Crippen molar-refractivity contribution in [2.45, 2.75) is 38.2 Å². The van der Waals surface area contributed by atoms with Gasteiger partial charge in [0.2, 0.25) is 5.91 Å². The van der Waals surface area contributed by atoms with E-state index in [-0.39, 0.29) is 30.2 Å². The number of aromatic amines is 1. The number of halogens is 8. The fourth-order valence-electron chi connectivity index (χ4n) is 6.86. The van der Waals surface area contributed by atoms with Gasteiger partial charge < -0.3 is 40.1 Å². The molecule has 3 heterocycles. The number of aliphatic carboxylic acids is 1. The summed E-state index contributed by atoms with van der Waals surface area (Å²) in [6.45, 7) is 1.86. The van der Waals surface area contributed by atoms with Gasteiger partial charge in [-0.3, -0.25) is 9.59 Å². The molecule has 0 bridgehead atoms. The number of carbonyl (C=O) groups is 4. The number of urea groups is 1. The van der Waals surface area contributed by atoms with Crippen molar-refractivity contribution in [3.63, 3.8) is 0 Å². The Labute approximate surface area is 346 Å². The Bertz CT molecular complexity index is 2010. The number of aromatic nitrogens is 1. The molecule has 20 heteroatoms. The first-order valence-electron chi connectivity index (χ1n) is 17.9. The molecule has 12 nitrogen and oxygen atoms in total. The highest BCUT2D eigenvalue weighted by Crippen LogP contribution is 2.35. The predicted molar refractivity (Wildman–Crippen MR) is 213 cm³/mol. The lowest BCUT2D eigenvalue weighted by Gasteiger charge is -2.40. The number of alkyl halides is 6. The lowest BCUT2D eigenvalue weighted by Crippen LogP contribution is -2.58. The largest absolute Gasteiger partial charge is 0.490 e. The average Bonchev–Trinajstić information content (AvgIpc) is 3.60. The van der Waals surface area contributed by atoms with Crippen LogP contribution in [-0.4, -0.2) is 122 Å². The second kappa shape index (κ2) is 22.2. The third-order valence-corrected chi connectivity index (χ3v) is 9.89. The third-order valence-electron chi connectivity index (χ3n) is 9.33. The Morgan fingerprint density at radius 2 is 1.54 bits per heavy atom. The third kappa shape index (κ3) is 14.0. The summed E-state index contributed by atoms with van der Waals surface area (Å²) in [5.41, 5.74) is 4.87. The smallest absolute Gasteiger partial charge is 0.483 e. The van der Waals surface area contributed by atoms with Gasteiger partial charge in [-0.25, -0.2) is 9.59 Å². The molecule has 0 saturated carbocycles. The quantitative estimate of drug-likeness (QED) is 0.109. The zero-order valence-electron chi connectivity index (χ0n) is 32.1. The number of hydrogen-bond acceptors (Lipinski definition) is 6. The number of anilines is 2. The minimum absolute atomic E-state index is 0.122. The van der Waals surface area contributed by atoms with Gasteiger partial charge in [0.05, 0.1) is 10.7 Å². The molecule has 322 valence electrons. The van der Waals surface area contributed by atoms with E-state index in [2.05, 4.69) is 26.2 Å². The standard InChI is InChI=1S/C35H40Cl2N6O2.C2HF3O2.CHF3.CH2O2/c1-23(28-20-38-30-10-6-4-8-27(28)30)33(39-35(45)42-16-14-41(15-17-42)32-11-7-5-9-29(32)37)34(44)43-22-24(21-40(2)3)18-25-19-26(36)12-13-31(25)43;3-2(4,5)1(6)7;2-1(3)4;2-1-3/h4-13,19-20,23-24,33,38H,14-18,21-22H2,1-3H3,(H,39,45);(H,6,7);1H;1H,(H,2,3)/t23?,24-,33?;;;/m1.../s1. The molecule has 1 saturated heterocycles. The Morgan fingerprint density at radius 3 is 2.12 bits per heavy atom. The molecular formula is C39H44Cl2F6N6O6. The second-order valence-corrected chi connectivity index (χ2v) is 14.5. The number of amides is 3. The van der Waals surface area contributed by atoms with E-state index in [1.807, 2.05) is 92.8 Å². The van der Waals surface area contributed by atoms with Crippen LogP contribution in [0.4, 0.5) is 42.5 Å². The zero-order chi connectivity index (χ0) is 44.0. The van der Waals surface area contributed by atoms with Crippen molar-refractivity contribution in [1.29, 1.82) is 0 Å². The fourth-order valence-corrected chi connectivity index (χ4v) is 7.31. The normalized spacial score (nSPS) is 16.0. The molecule has 0 aliphatic carbocycles. The fraction of sp³-hybridized carbons (Fsp3) is 0.385. The number of carboxylic acid groups (broad SMARTS) is 2. The summed E-state index contributed by atoms with van der Waals surface area (Å²) in [4.78, 5) is 57.3. The number of nitrogens with zero attached hydrogens (tertiary/aromatic N) is 4. The van der Waals surface area contributed by atoms with Crippen molar-refractivity contribution in [2.75, 3.05) is 63.2 Å². The van der Waals surface area contributed by atoms with Gasteiger partial charge in [0, 0.05) is 73.0 Å². The van der Waals surface area contributed by atoms with E-state index < -0.39 is 24.9 Å². The van der Waals surface area contributed by atoms with Crippen molar-refractivity contribution in [2.24, 2.45) is 5.92 Å². The van der Waals surface area contributed by atoms with Crippen LogP contribution in [0.25, 0.3) is 10.9 Å². The van der Waals surface area contributed by atoms with Crippen LogP contribution in [0.15, 0.2) is 72.9 Å². The topological polar surface area (TPSA) is 150 Å². The molecule has 6 rings (SSSR count). The lowest BCUT2D eigenvalue weighted by atomic mass is 9.88. The van der Waals surface area contributed by atoms with Crippen LogP contribution in [0, 0.1) is 5.92 Å². The van der Waals surface area contributed by atoms with Crippen molar-refractivity contribution in [3.8, 4) is 0 Å². The van der Waals surface area contributed by atoms with Crippen LogP contribution in [0.2, 0.25) is 10.0 Å². The van der Waals surface area contributed by atoms with Gasteiger partial charge in [0.25, 0.3) is 6.47 Å². The maximum atomic E-state index is 14.8. The molecule has 3 aromatic carbocycles. The molecule has 4 aromatic rings. The highest BCUT2D eigenvalue weighted by atomic mass is 35.5. The van der Waals surface area contributed by atoms with Gasteiger partial charge in [0.1, 0.15) is 6.04 Å². The lowest BCUT2D eigenvalue weighted by molar-refractivity contribution is -0.192. The molecule has 3 atom stereocenters. The highest BCUT2D eigenvalue weighted by Gasteiger charge is 2.39. The molecule has 4 N–H and O–H groups in total. The van der Waals surface area contributed by atoms with E-state index in [1.54, 1.807) is 4.90 Å². The van der Waals surface area contributed by atoms with Crippen molar-refractivity contribution in [1.82, 2.24) is 20.1 Å². The van der Waals surface area contributed by atoms with E-state index in [0.29, 0.717) is 42.8 Å². The first-order chi connectivity index (χ1) is 27.8. The van der Waals surface area contributed by atoms with Gasteiger partial charge in [-0.1, -0.05) is 60.5 Å². The van der Waals surface area contributed by atoms with Gasteiger partial charge in [0.15, 0.2) is 0 Å². The number of fused-ring (bicyclic) bond motifs is 2. The number of rotatable bonds is 7. The van der Waals surface area contributed by atoms with E-state index in [0.717, 1.165) is 46.4 Å². The van der Waals surface area contributed by atoms with E-state index in [9.17, 15) is 35.9 Å². The second-order valence-electron chi connectivity index (χ2n) is 13.6. The number of piperazine rings is 1. The summed E-state index contributed by atoms with van der Waals surface area (Å²) < 4.78 is 60.7. The monoisotopic (exact) mass is 876 g/mol. The predicted octanol–water partition coefficient (Wildman–Crippen LogP) is 7.76. The Balaban J connectivity index is 0.000000576. The summed E-state index contributed by atoms with van der Waals surface area (Å²) >= 11 is 12.9. The summed E-state index contributed by atoms with van der Waals surface area (Å²) in [6, 6.07) is 20.5. The highest BCUT2D eigenvalue weighted by molar-refractivity contribution is 6.33. The minimum atomic E-state index is -5.08. The number of nitrogens with one attached hydrogen (secondary N) is 2. The molecular weight excluding hydrogens is 833 g/mol. The molecule has 59 heavy (non-hydrogen) atoms. The Morgan fingerprint density at radius 1 is 0.966 bits per heavy atom. The molecule has 2 unspecified atom stereocenters. The van der Waals surface area contributed by atoms with Gasteiger partial charge in [-0.2, -0.15) is 26.3 Å². The number of hydrogen-bond donors (Lipinski definition) is 4. The molecule has 1 fully saturated rings. The molecule has 1 aromatic heterocycles. The van der Waals surface area contributed by atoms with E-state index in [4.69, 9.17) is 43.0 Å². The summed E-state index contributed by atoms with van der Waals surface area (Å²) in [5, 5.41) is 19.6. The summed E-state index contributed by atoms with van der Waals surface area (Å²) in [5.74, 6) is -2.95. The number of carbonyl (C=O) groups excluding carboxylic acids is 2. The van der Waals surface area contributed by atoms with Gasteiger partial charge >= 0.3 is 24.9 Å². The van der Waals surface area contributed by atoms with Crippen LogP contribution in [0.3, 0.4) is 0 Å². The average molecular weight is 878 g/mol. The van der Waals surface area contributed by atoms with Crippen LogP contribution in [0.1, 0.15) is 24.0 Å². The minimum Gasteiger partial charge on any atom is -0.483 e. The number of H-pyrrole nitrogens is 1. The summed E-state index contributed by atoms with van der Waals surface area (Å²) in [7, 11) is 4.10. The Kier molecular flexibility index (Phi) is 18.2. The molecule has 0 radical (unpaired) electrons. The zero-order valence-corrected chi connectivity index (χ0v) is 33.6. The molecule has 0 spiro atoms. The van der Waals surface area contributed by atoms with Crippen molar-refractivity contribution in [3.05, 3.63) is 94.1 Å². The van der Waals surface area contributed by atoms with Gasteiger partial charge in [-0.05, 0) is 74.0 Å². The molecule has 2 aliphatic heterocycles. The summed E-state index contributed by atoms with van der Waals surface area (Å²) in [6.07, 6.45) is -2.29. The van der Waals surface area contributed by atoms with Gasteiger partial charge in [-0.15, -0.1) is 0 Å². The first-order valence-corrected chi connectivity index (χ1v) is 18.7. The van der Waals surface area contributed by atoms with E-state index in [1.165, 1.54) is 0 Å². The number of carboxylic acids is 1. The molecule has 3 amide bonds. The maximum absolute atomic E-state index is 14.8.